The van der Waals surface area contributed by atoms with Crippen molar-refractivity contribution in [2.75, 3.05) is 51.9 Å². The summed E-state index contributed by atoms with van der Waals surface area (Å²) in [6.07, 6.45) is 2.41. The molecule has 0 saturated carbocycles. The second kappa shape index (κ2) is 10.2. The van der Waals surface area contributed by atoms with E-state index in [0.29, 0.717) is 39.6 Å². The van der Waals surface area contributed by atoms with Crippen molar-refractivity contribution in [3.63, 3.8) is 0 Å². The lowest BCUT2D eigenvalue weighted by atomic mass is 10.2. The third-order valence-corrected chi connectivity index (χ3v) is 6.42. The fraction of sp³-hybridized carbons (Fsp3) is 0.455. The molecule has 170 valence electrons. The molecule has 0 atom stereocenters. The first-order chi connectivity index (χ1) is 15.5. The average Bonchev–Trinajstić information content (AvgIpc) is 3.17. The molecule has 4 rings (SSSR count). The molecule has 1 aliphatic heterocycles. The van der Waals surface area contributed by atoms with Crippen LogP contribution in [-0.4, -0.2) is 72.2 Å². The minimum atomic E-state index is -0.00215. The highest BCUT2D eigenvalue weighted by molar-refractivity contribution is 7.17. The lowest BCUT2D eigenvalue weighted by Crippen LogP contribution is -2.37. The van der Waals surface area contributed by atoms with Crippen LogP contribution in [0.4, 0.5) is 10.9 Å². The van der Waals surface area contributed by atoms with E-state index in [-0.39, 0.29) is 5.78 Å². The van der Waals surface area contributed by atoms with Gasteiger partial charge in [0.1, 0.15) is 12.1 Å². The van der Waals surface area contributed by atoms with Crippen LogP contribution in [-0.2, 0) is 4.74 Å². The summed E-state index contributed by atoms with van der Waals surface area (Å²) in [5.74, 6) is 1.85. The van der Waals surface area contributed by atoms with Gasteiger partial charge in [-0.2, -0.15) is 0 Å². The number of fused-ring (bicyclic) bond motifs is 1. The van der Waals surface area contributed by atoms with Crippen molar-refractivity contribution in [3.05, 3.63) is 29.0 Å². The molecule has 3 aromatic rings. The number of anilines is 2. The van der Waals surface area contributed by atoms with Gasteiger partial charge in [0.25, 0.3) is 0 Å². The normalized spacial score (nSPS) is 14.5. The van der Waals surface area contributed by atoms with Gasteiger partial charge in [0, 0.05) is 38.0 Å². The number of Topliss-reactive ketones (excluding diaryl/α,β-unsaturated/α-hetero) is 1. The molecule has 1 N–H and O–H groups in total. The van der Waals surface area contributed by atoms with E-state index < -0.39 is 0 Å². The second-order valence-corrected chi connectivity index (χ2v) is 8.51. The van der Waals surface area contributed by atoms with E-state index in [9.17, 15) is 4.79 Å². The number of thiazole rings is 1. The predicted molar refractivity (Wildman–Crippen MR) is 124 cm³/mol. The lowest BCUT2D eigenvalue weighted by Gasteiger charge is -2.26. The van der Waals surface area contributed by atoms with E-state index in [4.69, 9.17) is 14.2 Å². The largest absolute Gasteiger partial charge is 0.493 e. The number of carbonyl (C=O) groups excluding carboxylic acids is 1. The van der Waals surface area contributed by atoms with Crippen LogP contribution in [0.3, 0.4) is 0 Å². The first-order valence-electron chi connectivity index (χ1n) is 10.6. The molecule has 1 fully saturated rings. The summed E-state index contributed by atoms with van der Waals surface area (Å²) in [4.78, 5) is 28.0. The van der Waals surface area contributed by atoms with Crippen LogP contribution in [0.1, 0.15) is 28.7 Å². The molecule has 1 saturated heterocycles. The molecule has 1 aliphatic rings. The fourth-order valence-corrected chi connectivity index (χ4v) is 4.47. The maximum Gasteiger partial charge on any atom is 0.189 e. The van der Waals surface area contributed by atoms with Gasteiger partial charge >= 0.3 is 0 Å². The highest BCUT2D eigenvalue weighted by Gasteiger charge is 2.16. The number of carbonyl (C=O) groups is 1. The number of aromatic nitrogens is 3. The quantitative estimate of drug-likeness (QED) is 0.382. The van der Waals surface area contributed by atoms with Crippen LogP contribution in [0.15, 0.2) is 18.5 Å². The number of rotatable bonds is 9. The molecule has 2 aromatic heterocycles. The number of methoxy groups -OCH3 is 1. The Labute approximate surface area is 190 Å². The van der Waals surface area contributed by atoms with E-state index in [1.165, 1.54) is 24.6 Å². The van der Waals surface area contributed by atoms with Crippen molar-refractivity contribution < 1.29 is 19.0 Å². The van der Waals surface area contributed by atoms with Crippen molar-refractivity contribution in [2.24, 2.45) is 0 Å². The Kier molecular flexibility index (Phi) is 7.13. The standard InChI is InChI=1S/C22H27N5O4S/c1-14-20(15(2)28)32-22(25-14)26-21-16-11-18(29-3)19(12-17(16)23-13-24-21)31-8-4-5-27-6-9-30-10-7-27/h11-13H,4-10H2,1-3H3,(H,23,24,25,26). The van der Waals surface area contributed by atoms with Gasteiger partial charge in [0.15, 0.2) is 22.4 Å². The average molecular weight is 458 g/mol. The molecule has 32 heavy (non-hydrogen) atoms. The number of nitrogens with zero attached hydrogens (tertiary/aromatic N) is 4. The zero-order valence-corrected chi connectivity index (χ0v) is 19.3. The lowest BCUT2D eigenvalue weighted by molar-refractivity contribution is 0.0357. The molecule has 1 aromatic carbocycles. The number of ketones is 1. The Balaban J connectivity index is 1.49. The summed E-state index contributed by atoms with van der Waals surface area (Å²) in [6.45, 7) is 8.46. The molecule has 0 aliphatic carbocycles. The van der Waals surface area contributed by atoms with Crippen LogP contribution < -0.4 is 14.8 Å². The first kappa shape index (κ1) is 22.4. The zero-order chi connectivity index (χ0) is 22.5. The molecular formula is C22H27N5O4S. The van der Waals surface area contributed by atoms with E-state index in [2.05, 4.69) is 25.2 Å². The number of ether oxygens (including phenoxy) is 3. The summed E-state index contributed by atoms with van der Waals surface area (Å²) < 4.78 is 17.0. The summed E-state index contributed by atoms with van der Waals surface area (Å²) in [5.41, 5.74) is 1.43. The van der Waals surface area contributed by atoms with Gasteiger partial charge in [-0.25, -0.2) is 15.0 Å². The molecule has 0 bridgehead atoms. The number of hydrogen-bond acceptors (Lipinski definition) is 10. The maximum atomic E-state index is 11.7. The van der Waals surface area contributed by atoms with Crippen LogP contribution >= 0.6 is 11.3 Å². The predicted octanol–water partition coefficient (Wildman–Crippen LogP) is 3.45. The third kappa shape index (κ3) is 5.14. The minimum Gasteiger partial charge on any atom is -0.493 e. The van der Waals surface area contributed by atoms with Gasteiger partial charge in [-0.05, 0) is 19.4 Å². The van der Waals surface area contributed by atoms with Gasteiger partial charge < -0.3 is 19.5 Å². The Bertz CT molecular complexity index is 1100. The van der Waals surface area contributed by atoms with Crippen LogP contribution in [0.5, 0.6) is 11.5 Å². The monoisotopic (exact) mass is 457 g/mol. The van der Waals surface area contributed by atoms with Gasteiger partial charge in [-0.3, -0.25) is 9.69 Å². The number of hydrogen-bond donors (Lipinski definition) is 1. The molecular weight excluding hydrogens is 430 g/mol. The SMILES string of the molecule is COc1cc2c(Nc3nc(C)c(C(C)=O)s3)ncnc2cc1OCCCN1CCOCC1. The van der Waals surface area contributed by atoms with Crippen LogP contribution in [0, 0.1) is 6.92 Å². The molecule has 0 spiro atoms. The molecule has 9 nitrogen and oxygen atoms in total. The number of benzene rings is 1. The molecule has 0 radical (unpaired) electrons. The second-order valence-electron chi connectivity index (χ2n) is 7.51. The van der Waals surface area contributed by atoms with Crippen molar-refractivity contribution in [3.8, 4) is 11.5 Å². The Hall–Kier alpha value is -2.82. The first-order valence-corrected chi connectivity index (χ1v) is 11.4. The molecule has 10 heteroatoms. The Morgan fingerprint density at radius 2 is 2.06 bits per heavy atom. The summed E-state index contributed by atoms with van der Waals surface area (Å²) in [7, 11) is 1.61. The maximum absolute atomic E-state index is 11.7. The van der Waals surface area contributed by atoms with Crippen molar-refractivity contribution >= 4 is 39.0 Å². The van der Waals surface area contributed by atoms with Crippen molar-refractivity contribution in [1.29, 1.82) is 0 Å². The number of morpholine rings is 1. The smallest absolute Gasteiger partial charge is 0.189 e. The van der Waals surface area contributed by atoms with Gasteiger partial charge in [-0.1, -0.05) is 11.3 Å². The summed E-state index contributed by atoms with van der Waals surface area (Å²) in [6, 6.07) is 3.73. The highest BCUT2D eigenvalue weighted by atomic mass is 32.1. The third-order valence-electron chi connectivity index (χ3n) is 5.24. The Morgan fingerprint density at radius 3 is 2.78 bits per heavy atom. The summed E-state index contributed by atoms with van der Waals surface area (Å²) >= 11 is 1.31. The van der Waals surface area contributed by atoms with Crippen molar-refractivity contribution in [2.45, 2.75) is 20.3 Å². The van der Waals surface area contributed by atoms with Gasteiger partial charge in [-0.15, -0.1) is 0 Å². The highest BCUT2D eigenvalue weighted by Crippen LogP contribution is 2.35. The van der Waals surface area contributed by atoms with Crippen molar-refractivity contribution in [1.82, 2.24) is 19.9 Å². The molecule has 0 amide bonds. The van der Waals surface area contributed by atoms with E-state index in [1.807, 2.05) is 19.1 Å². The van der Waals surface area contributed by atoms with E-state index >= 15 is 0 Å². The number of aryl methyl sites for hydroxylation is 1. The summed E-state index contributed by atoms with van der Waals surface area (Å²) in [5, 5.41) is 4.60. The van der Waals surface area contributed by atoms with Crippen LogP contribution in [0.25, 0.3) is 10.9 Å². The van der Waals surface area contributed by atoms with E-state index in [1.54, 1.807) is 7.11 Å². The van der Waals surface area contributed by atoms with Crippen LogP contribution in [0.2, 0.25) is 0 Å². The minimum absolute atomic E-state index is 0.00215. The van der Waals surface area contributed by atoms with Gasteiger partial charge in [0.05, 0.1) is 43.0 Å². The number of nitrogens with one attached hydrogen (secondary N) is 1. The Morgan fingerprint density at radius 1 is 1.25 bits per heavy atom. The van der Waals surface area contributed by atoms with E-state index in [0.717, 1.165) is 50.2 Å². The van der Waals surface area contributed by atoms with Gasteiger partial charge in [0.2, 0.25) is 0 Å². The molecule has 3 heterocycles. The topological polar surface area (TPSA) is 98.7 Å². The zero-order valence-electron chi connectivity index (χ0n) is 18.5. The molecule has 0 unspecified atom stereocenters. The fourth-order valence-electron chi connectivity index (χ4n) is 3.61.